The van der Waals surface area contributed by atoms with Gasteiger partial charge in [-0.05, 0) is 12.2 Å². The molecule has 3 nitrogen and oxygen atoms in total. The van der Waals surface area contributed by atoms with E-state index in [2.05, 4.69) is 13.2 Å². The first-order valence-corrected chi connectivity index (χ1v) is 5.09. The molecule has 0 saturated heterocycles. The summed E-state index contributed by atoms with van der Waals surface area (Å²) in [5, 5.41) is 8.24. The molecule has 64 valence electrons. The summed E-state index contributed by atoms with van der Waals surface area (Å²) in [5.41, 5.74) is 0.136. The van der Waals surface area contributed by atoms with Gasteiger partial charge in [-0.25, -0.2) is 8.42 Å². The van der Waals surface area contributed by atoms with Gasteiger partial charge in [0.1, 0.15) is 0 Å². The number of rotatable bonds is 3. The van der Waals surface area contributed by atoms with Crippen LogP contribution in [0.1, 0.15) is 0 Å². The Morgan fingerprint density at radius 2 is 1.92 bits per heavy atom. The van der Waals surface area contributed by atoms with Crippen molar-refractivity contribution in [3.05, 3.63) is 35.8 Å². The standard InChI is InChI=1S/C7H6ClNO2S/c1-6(5-9)3-4-7(2)12(8,10)11/h3-4H,1-2H2/b4-3-. The summed E-state index contributed by atoms with van der Waals surface area (Å²) in [7, 11) is 1.15. The lowest BCUT2D eigenvalue weighted by Crippen LogP contribution is -1.88. The van der Waals surface area contributed by atoms with Crippen molar-refractivity contribution in [2.75, 3.05) is 0 Å². The van der Waals surface area contributed by atoms with Crippen LogP contribution >= 0.6 is 10.7 Å². The quantitative estimate of drug-likeness (QED) is 0.399. The molecule has 0 N–H and O–H groups in total. The molecule has 0 rings (SSSR count). The molecule has 0 spiro atoms. The lowest BCUT2D eigenvalue weighted by atomic mass is 10.3. The Morgan fingerprint density at radius 3 is 2.25 bits per heavy atom. The first kappa shape index (κ1) is 11.0. The van der Waals surface area contributed by atoms with E-state index in [0.29, 0.717) is 0 Å². The minimum atomic E-state index is -3.77. The predicted molar refractivity (Wildman–Crippen MR) is 47.8 cm³/mol. The summed E-state index contributed by atoms with van der Waals surface area (Å²) in [5.74, 6) is 0. The normalized spacial score (nSPS) is 11.0. The molecule has 0 saturated carbocycles. The molecule has 0 unspecified atom stereocenters. The Morgan fingerprint density at radius 1 is 1.42 bits per heavy atom. The first-order valence-electron chi connectivity index (χ1n) is 2.78. The highest BCUT2D eigenvalue weighted by Gasteiger charge is 2.06. The van der Waals surface area contributed by atoms with Crippen LogP contribution in [0.2, 0.25) is 0 Å². The largest absolute Gasteiger partial charge is 0.260 e. The zero-order valence-electron chi connectivity index (χ0n) is 6.12. The van der Waals surface area contributed by atoms with Crippen LogP contribution in [0.4, 0.5) is 0 Å². The highest BCUT2D eigenvalue weighted by molar-refractivity contribution is 8.16. The van der Waals surface area contributed by atoms with Crippen molar-refractivity contribution in [3.8, 4) is 6.07 Å². The molecular formula is C7H6ClNO2S. The molecule has 0 atom stereocenters. The summed E-state index contributed by atoms with van der Waals surface area (Å²) in [4.78, 5) is -0.263. The van der Waals surface area contributed by atoms with Gasteiger partial charge >= 0.3 is 0 Å². The minimum Gasteiger partial charge on any atom is -0.207 e. The molecule has 0 aliphatic carbocycles. The molecule has 0 fully saturated rings. The summed E-state index contributed by atoms with van der Waals surface area (Å²) >= 11 is 0. The number of nitrogens with zero attached hydrogens (tertiary/aromatic N) is 1. The molecule has 0 amide bonds. The lowest BCUT2D eigenvalue weighted by molar-refractivity contribution is 0.616. The topological polar surface area (TPSA) is 57.9 Å². The molecule has 0 radical (unpaired) electrons. The van der Waals surface area contributed by atoms with E-state index in [1.54, 1.807) is 6.07 Å². The van der Waals surface area contributed by atoms with Crippen LogP contribution in [0.3, 0.4) is 0 Å². The van der Waals surface area contributed by atoms with E-state index in [9.17, 15) is 8.42 Å². The fourth-order valence-electron chi connectivity index (χ4n) is 0.312. The SMILES string of the molecule is C=C(C#N)/C=C\C(=C)S(=O)(=O)Cl. The second-order valence-electron chi connectivity index (χ2n) is 1.87. The molecule has 0 heterocycles. The van der Waals surface area contributed by atoms with Gasteiger partial charge in [0.2, 0.25) is 0 Å². The predicted octanol–water partition coefficient (Wildman–Crippen LogP) is 1.70. The Balaban J connectivity index is 4.54. The molecule has 0 aromatic carbocycles. The molecule has 0 bridgehead atoms. The second kappa shape index (κ2) is 4.10. The second-order valence-corrected chi connectivity index (χ2v) is 4.49. The molecule has 0 aromatic heterocycles. The van der Waals surface area contributed by atoms with Crippen LogP contribution in [0.5, 0.6) is 0 Å². The van der Waals surface area contributed by atoms with E-state index in [-0.39, 0.29) is 10.5 Å². The summed E-state index contributed by atoms with van der Waals surface area (Å²) < 4.78 is 21.1. The van der Waals surface area contributed by atoms with Crippen molar-refractivity contribution in [1.82, 2.24) is 0 Å². The van der Waals surface area contributed by atoms with Crippen molar-refractivity contribution in [2.24, 2.45) is 0 Å². The molecular weight excluding hydrogens is 198 g/mol. The highest BCUT2D eigenvalue weighted by Crippen LogP contribution is 2.11. The van der Waals surface area contributed by atoms with E-state index >= 15 is 0 Å². The maximum atomic E-state index is 10.5. The smallest absolute Gasteiger partial charge is 0.207 e. The van der Waals surface area contributed by atoms with Gasteiger partial charge < -0.3 is 0 Å². The number of hydrogen-bond acceptors (Lipinski definition) is 3. The summed E-state index contributed by atoms with van der Waals surface area (Å²) in [6, 6.07) is 1.71. The average Bonchev–Trinajstić information content (AvgIpc) is 1.97. The van der Waals surface area contributed by atoms with Crippen LogP contribution in [0.25, 0.3) is 0 Å². The summed E-state index contributed by atoms with van der Waals surface area (Å²) in [6.07, 6.45) is 2.34. The maximum absolute atomic E-state index is 10.5. The van der Waals surface area contributed by atoms with Crippen LogP contribution in [-0.4, -0.2) is 8.42 Å². The van der Waals surface area contributed by atoms with Gasteiger partial charge in [0.25, 0.3) is 9.05 Å². The Labute approximate surface area is 75.7 Å². The maximum Gasteiger partial charge on any atom is 0.260 e. The lowest BCUT2D eigenvalue weighted by Gasteiger charge is -1.90. The molecule has 0 aliphatic heterocycles. The van der Waals surface area contributed by atoms with E-state index in [1.807, 2.05) is 0 Å². The zero-order valence-corrected chi connectivity index (χ0v) is 7.69. The fourth-order valence-corrected chi connectivity index (χ4v) is 0.697. The van der Waals surface area contributed by atoms with Crippen molar-refractivity contribution in [3.63, 3.8) is 0 Å². The Bertz CT molecular complexity index is 373. The monoisotopic (exact) mass is 203 g/mol. The van der Waals surface area contributed by atoms with Gasteiger partial charge in [0.05, 0.1) is 11.0 Å². The van der Waals surface area contributed by atoms with Gasteiger partial charge in [-0.15, -0.1) is 0 Å². The van der Waals surface area contributed by atoms with E-state index in [1.165, 1.54) is 6.08 Å². The van der Waals surface area contributed by atoms with Crippen molar-refractivity contribution in [1.29, 1.82) is 5.26 Å². The third-order valence-electron chi connectivity index (χ3n) is 0.927. The van der Waals surface area contributed by atoms with Crippen molar-refractivity contribution >= 4 is 19.7 Å². The van der Waals surface area contributed by atoms with Crippen LogP contribution in [-0.2, 0) is 9.05 Å². The highest BCUT2D eigenvalue weighted by atomic mass is 35.7. The average molecular weight is 204 g/mol. The first-order chi connectivity index (χ1) is 5.38. The zero-order chi connectivity index (χ0) is 9.78. The van der Waals surface area contributed by atoms with E-state index in [0.717, 1.165) is 6.08 Å². The molecule has 5 heteroatoms. The molecule has 0 aromatic rings. The fraction of sp³-hybridized carbons (Fsp3) is 0. The van der Waals surface area contributed by atoms with Gasteiger partial charge in [-0.2, -0.15) is 5.26 Å². The van der Waals surface area contributed by atoms with Crippen LogP contribution < -0.4 is 0 Å². The Kier molecular flexibility index (Phi) is 3.74. The van der Waals surface area contributed by atoms with Gasteiger partial charge in [0.15, 0.2) is 0 Å². The molecule has 0 aliphatic rings. The van der Waals surface area contributed by atoms with Gasteiger partial charge in [-0.3, -0.25) is 0 Å². The number of allylic oxidation sites excluding steroid dienone is 3. The van der Waals surface area contributed by atoms with Gasteiger partial charge in [-0.1, -0.05) is 13.2 Å². The van der Waals surface area contributed by atoms with E-state index in [4.69, 9.17) is 15.9 Å². The Hall–Kier alpha value is -1.05. The van der Waals surface area contributed by atoms with Crippen LogP contribution in [0.15, 0.2) is 35.8 Å². The van der Waals surface area contributed by atoms with Gasteiger partial charge in [0, 0.05) is 16.3 Å². The minimum absolute atomic E-state index is 0.136. The molecule has 12 heavy (non-hydrogen) atoms. The number of hydrogen-bond donors (Lipinski definition) is 0. The third-order valence-corrected chi connectivity index (χ3v) is 2.28. The van der Waals surface area contributed by atoms with Crippen LogP contribution in [0, 0.1) is 11.3 Å². The van der Waals surface area contributed by atoms with Crippen molar-refractivity contribution in [2.45, 2.75) is 0 Å². The number of nitriles is 1. The van der Waals surface area contributed by atoms with E-state index < -0.39 is 9.05 Å². The summed E-state index contributed by atoms with van der Waals surface area (Å²) in [6.45, 7) is 6.48. The van der Waals surface area contributed by atoms with Crippen molar-refractivity contribution < 1.29 is 8.42 Å². The third kappa shape index (κ3) is 3.96. The number of halogens is 1.